The van der Waals surface area contributed by atoms with E-state index in [4.69, 9.17) is 4.74 Å². The Hall–Kier alpha value is -1.89. The van der Waals surface area contributed by atoms with Gasteiger partial charge >= 0.3 is 0 Å². The number of rotatable bonds is 9. The Morgan fingerprint density at radius 3 is 2.57 bits per heavy atom. The molecule has 6 nitrogen and oxygen atoms in total. The van der Waals surface area contributed by atoms with Gasteiger partial charge in [-0.15, -0.1) is 0 Å². The van der Waals surface area contributed by atoms with Gasteiger partial charge in [0.1, 0.15) is 18.5 Å². The maximum Gasteiger partial charge on any atom is 0.123 e. The summed E-state index contributed by atoms with van der Waals surface area (Å²) < 4.78 is 7.86. The molecule has 1 atom stereocenters. The maximum absolute atomic E-state index is 10.4. The van der Waals surface area contributed by atoms with Gasteiger partial charge < -0.3 is 14.7 Å². The molecule has 1 aromatic carbocycles. The van der Waals surface area contributed by atoms with Crippen molar-refractivity contribution in [1.29, 1.82) is 0 Å². The molecule has 1 aliphatic rings. The van der Waals surface area contributed by atoms with Crippen molar-refractivity contribution >= 4 is 0 Å². The highest BCUT2D eigenvalue weighted by Crippen LogP contribution is 2.21. The van der Waals surface area contributed by atoms with Crippen LogP contribution in [-0.4, -0.2) is 64.1 Å². The smallest absolute Gasteiger partial charge is 0.123 e. The molecule has 0 aliphatic carbocycles. The molecular weight excluding hydrogens is 352 g/mol. The predicted molar refractivity (Wildman–Crippen MR) is 111 cm³/mol. The van der Waals surface area contributed by atoms with E-state index in [9.17, 15) is 5.11 Å². The molecule has 0 bridgehead atoms. The summed E-state index contributed by atoms with van der Waals surface area (Å²) in [6.45, 7) is 6.88. The Balaban J connectivity index is 1.52. The largest absolute Gasteiger partial charge is 0.491 e. The first-order valence-electron chi connectivity index (χ1n) is 10.3. The SMILES string of the molecule is Cc1nn(C)cc1CN(C)Cc1ccccc1OCC(O)CN1CCCCC1. The highest BCUT2D eigenvalue weighted by molar-refractivity contribution is 5.33. The fraction of sp³-hybridized carbons (Fsp3) is 0.591. The molecule has 2 aromatic rings. The first kappa shape index (κ1) is 20.8. The van der Waals surface area contributed by atoms with Crippen LogP contribution in [0.3, 0.4) is 0 Å². The maximum atomic E-state index is 10.4. The third kappa shape index (κ3) is 6.06. The first-order chi connectivity index (χ1) is 13.5. The monoisotopic (exact) mass is 386 g/mol. The van der Waals surface area contributed by atoms with Crippen molar-refractivity contribution in [3.05, 3.63) is 47.3 Å². The van der Waals surface area contributed by atoms with Crippen LogP contribution in [0.25, 0.3) is 0 Å². The van der Waals surface area contributed by atoms with Gasteiger partial charge in [0.25, 0.3) is 0 Å². The highest BCUT2D eigenvalue weighted by atomic mass is 16.5. The van der Waals surface area contributed by atoms with Gasteiger partial charge in [0.2, 0.25) is 0 Å². The van der Waals surface area contributed by atoms with E-state index in [1.54, 1.807) is 0 Å². The number of piperidine rings is 1. The standard InChI is InChI=1S/C22H34N4O2/c1-18-20(15-25(3)23-18)14-24(2)13-19-9-5-6-10-22(19)28-17-21(27)16-26-11-7-4-8-12-26/h5-6,9-10,15,21,27H,4,7-8,11-14,16-17H2,1-3H3. The van der Waals surface area contributed by atoms with E-state index in [1.807, 2.05) is 36.9 Å². The second-order valence-electron chi connectivity index (χ2n) is 8.02. The Bertz CT molecular complexity index is 740. The zero-order valence-corrected chi connectivity index (χ0v) is 17.5. The quantitative estimate of drug-likeness (QED) is 0.718. The number of aryl methyl sites for hydroxylation is 2. The van der Waals surface area contributed by atoms with E-state index in [0.29, 0.717) is 13.2 Å². The van der Waals surface area contributed by atoms with Crippen molar-refractivity contribution in [2.75, 3.05) is 33.3 Å². The second kappa shape index (κ2) is 10.0. The number of para-hydroxylation sites is 1. The molecule has 1 N–H and O–H groups in total. The van der Waals surface area contributed by atoms with Crippen LogP contribution in [-0.2, 0) is 20.1 Å². The number of aliphatic hydroxyl groups is 1. The van der Waals surface area contributed by atoms with Crippen molar-refractivity contribution in [3.8, 4) is 5.75 Å². The Morgan fingerprint density at radius 2 is 1.86 bits per heavy atom. The minimum Gasteiger partial charge on any atom is -0.491 e. The lowest BCUT2D eigenvalue weighted by Crippen LogP contribution is -2.38. The summed E-state index contributed by atoms with van der Waals surface area (Å²) in [5.74, 6) is 0.856. The first-order valence-corrected chi connectivity index (χ1v) is 10.3. The van der Waals surface area contributed by atoms with E-state index in [0.717, 1.165) is 43.2 Å². The van der Waals surface area contributed by atoms with Crippen molar-refractivity contribution in [1.82, 2.24) is 19.6 Å². The average Bonchev–Trinajstić information content (AvgIpc) is 2.98. The number of β-amino-alcohol motifs (C(OH)–C–C–N with tert-alkyl or cyclic N) is 1. The molecule has 1 unspecified atom stereocenters. The fourth-order valence-electron chi connectivity index (χ4n) is 3.90. The normalized spacial score (nSPS) is 16.5. The van der Waals surface area contributed by atoms with Gasteiger partial charge in [0, 0.05) is 44.0 Å². The van der Waals surface area contributed by atoms with Gasteiger partial charge in [0.05, 0.1) is 5.69 Å². The zero-order valence-electron chi connectivity index (χ0n) is 17.5. The highest BCUT2D eigenvalue weighted by Gasteiger charge is 2.16. The van der Waals surface area contributed by atoms with Crippen LogP contribution >= 0.6 is 0 Å². The molecule has 1 fully saturated rings. The summed E-state index contributed by atoms with van der Waals surface area (Å²) in [7, 11) is 4.06. The lowest BCUT2D eigenvalue weighted by atomic mass is 10.1. The predicted octanol–water partition coefficient (Wildman–Crippen LogP) is 2.59. The van der Waals surface area contributed by atoms with E-state index >= 15 is 0 Å². The number of aromatic nitrogens is 2. The Morgan fingerprint density at radius 1 is 1.14 bits per heavy atom. The molecule has 0 radical (unpaired) electrons. The average molecular weight is 387 g/mol. The molecule has 154 valence electrons. The molecule has 2 heterocycles. The van der Waals surface area contributed by atoms with Crippen molar-refractivity contribution in [3.63, 3.8) is 0 Å². The molecule has 6 heteroatoms. The number of benzene rings is 1. The number of ether oxygens (including phenoxy) is 1. The molecule has 1 aromatic heterocycles. The van der Waals surface area contributed by atoms with Gasteiger partial charge in [-0.05, 0) is 46.0 Å². The van der Waals surface area contributed by atoms with E-state index in [1.165, 1.54) is 24.8 Å². The van der Waals surface area contributed by atoms with Crippen LogP contribution in [0.2, 0.25) is 0 Å². The summed E-state index contributed by atoms with van der Waals surface area (Å²) in [5.41, 5.74) is 3.44. The summed E-state index contributed by atoms with van der Waals surface area (Å²) in [5, 5.41) is 14.8. The van der Waals surface area contributed by atoms with Crippen LogP contribution in [0.4, 0.5) is 0 Å². The molecule has 1 saturated heterocycles. The number of hydrogen-bond acceptors (Lipinski definition) is 5. The number of nitrogens with zero attached hydrogens (tertiary/aromatic N) is 4. The van der Waals surface area contributed by atoms with Crippen LogP contribution in [0.5, 0.6) is 5.75 Å². The van der Waals surface area contributed by atoms with Gasteiger partial charge in [-0.25, -0.2) is 0 Å². The molecule has 0 amide bonds. The number of aliphatic hydroxyl groups excluding tert-OH is 1. The van der Waals surface area contributed by atoms with Crippen LogP contribution in [0.1, 0.15) is 36.1 Å². The van der Waals surface area contributed by atoms with Crippen LogP contribution < -0.4 is 4.74 Å². The Labute approximate surface area is 168 Å². The molecule has 0 saturated carbocycles. The zero-order chi connectivity index (χ0) is 19.9. The number of hydrogen-bond donors (Lipinski definition) is 1. The lowest BCUT2D eigenvalue weighted by molar-refractivity contribution is 0.0612. The molecule has 28 heavy (non-hydrogen) atoms. The second-order valence-corrected chi connectivity index (χ2v) is 8.02. The third-order valence-corrected chi connectivity index (χ3v) is 5.32. The minimum absolute atomic E-state index is 0.332. The van der Waals surface area contributed by atoms with Crippen molar-refractivity contribution < 1.29 is 9.84 Å². The van der Waals surface area contributed by atoms with E-state index < -0.39 is 6.10 Å². The number of likely N-dealkylation sites (tertiary alicyclic amines) is 1. The van der Waals surface area contributed by atoms with Gasteiger partial charge in [0.15, 0.2) is 0 Å². The van der Waals surface area contributed by atoms with Crippen molar-refractivity contribution in [2.45, 2.75) is 45.4 Å². The molecule has 3 rings (SSSR count). The fourth-order valence-corrected chi connectivity index (χ4v) is 3.90. The third-order valence-electron chi connectivity index (χ3n) is 5.32. The van der Waals surface area contributed by atoms with Gasteiger partial charge in [-0.2, -0.15) is 5.10 Å². The van der Waals surface area contributed by atoms with Crippen LogP contribution in [0.15, 0.2) is 30.5 Å². The molecular formula is C22H34N4O2. The summed E-state index contributed by atoms with van der Waals surface area (Å²) >= 11 is 0. The topological polar surface area (TPSA) is 53.8 Å². The van der Waals surface area contributed by atoms with Crippen molar-refractivity contribution in [2.24, 2.45) is 7.05 Å². The summed E-state index contributed by atoms with van der Waals surface area (Å²) in [4.78, 5) is 4.60. The molecule has 1 aliphatic heterocycles. The summed E-state index contributed by atoms with van der Waals surface area (Å²) in [6, 6.07) is 8.11. The molecule has 0 spiro atoms. The van der Waals surface area contributed by atoms with Crippen LogP contribution in [0, 0.1) is 6.92 Å². The van der Waals surface area contributed by atoms with E-state index in [2.05, 4.69) is 34.2 Å². The van der Waals surface area contributed by atoms with E-state index in [-0.39, 0.29) is 0 Å². The minimum atomic E-state index is -0.457. The lowest BCUT2D eigenvalue weighted by Gasteiger charge is -2.28. The van der Waals surface area contributed by atoms with Gasteiger partial charge in [-0.3, -0.25) is 9.58 Å². The van der Waals surface area contributed by atoms with Gasteiger partial charge in [-0.1, -0.05) is 24.6 Å². The summed E-state index contributed by atoms with van der Waals surface area (Å²) in [6.07, 6.45) is 5.40. The Kier molecular flexibility index (Phi) is 7.48.